The minimum Gasteiger partial charge on any atom is -0.355 e. The molecule has 1 amide bonds. The number of benzene rings is 3. The summed E-state index contributed by atoms with van der Waals surface area (Å²) in [6, 6.07) is 22.1. The molecule has 1 saturated heterocycles. The van der Waals surface area contributed by atoms with E-state index in [9.17, 15) is 13.2 Å². The number of carbonyl (C=O) groups excluding carboxylic acids is 1. The Hall–Kier alpha value is -3.16. The van der Waals surface area contributed by atoms with Crippen LogP contribution < -0.4 is 0 Å². The lowest BCUT2D eigenvalue weighted by molar-refractivity contribution is 0.0671. The molecule has 6 nitrogen and oxygen atoms in total. The molecule has 1 unspecified atom stereocenters. The van der Waals surface area contributed by atoms with Crippen molar-refractivity contribution in [3.63, 3.8) is 0 Å². The molecule has 5 rings (SSSR count). The fourth-order valence-corrected chi connectivity index (χ4v) is 6.13. The first-order valence-electron chi connectivity index (χ1n) is 10.6. The van der Waals surface area contributed by atoms with Gasteiger partial charge in [-0.3, -0.25) is 4.79 Å². The summed E-state index contributed by atoms with van der Waals surface area (Å²) in [6.45, 7) is 0.281. The van der Waals surface area contributed by atoms with Crippen LogP contribution in [0.1, 0.15) is 22.5 Å². The normalized spacial score (nSPS) is 17.3. The van der Waals surface area contributed by atoms with Gasteiger partial charge in [0.25, 0.3) is 5.91 Å². The second kappa shape index (κ2) is 8.65. The van der Waals surface area contributed by atoms with Gasteiger partial charge in [0.1, 0.15) is 0 Å². The molecule has 0 radical (unpaired) electrons. The molecular formula is C25H21ClN2O4S. The van der Waals surface area contributed by atoms with Crippen LogP contribution in [0, 0.1) is 0 Å². The van der Waals surface area contributed by atoms with Crippen LogP contribution in [0.2, 0.25) is 5.02 Å². The maximum Gasteiger partial charge on any atom is 0.276 e. The van der Waals surface area contributed by atoms with Gasteiger partial charge in [-0.05, 0) is 47.0 Å². The maximum atomic E-state index is 13.6. The number of hydrogen-bond donors (Lipinski definition) is 0. The monoisotopic (exact) mass is 480 g/mol. The molecule has 1 aliphatic heterocycles. The summed E-state index contributed by atoms with van der Waals surface area (Å²) < 4.78 is 29.8. The highest BCUT2D eigenvalue weighted by molar-refractivity contribution is 7.91. The number of rotatable bonds is 5. The van der Waals surface area contributed by atoms with E-state index in [2.05, 4.69) is 5.16 Å². The minimum absolute atomic E-state index is 0.0502. The van der Waals surface area contributed by atoms with Gasteiger partial charge in [-0.2, -0.15) is 0 Å². The van der Waals surface area contributed by atoms with Gasteiger partial charge in [0.05, 0.1) is 11.5 Å². The van der Waals surface area contributed by atoms with Gasteiger partial charge in [-0.1, -0.05) is 59.2 Å². The Kier molecular flexibility index (Phi) is 5.68. The molecule has 1 fully saturated rings. The first-order chi connectivity index (χ1) is 15.9. The van der Waals surface area contributed by atoms with Crippen molar-refractivity contribution in [2.45, 2.75) is 19.0 Å². The molecule has 168 valence electrons. The summed E-state index contributed by atoms with van der Waals surface area (Å²) in [4.78, 5) is 15.2. The molecule has 0 saturated carbocycles. The molecule has 0 spiro atoms. The Bertz CT molecular complexity index is 1430. The van der Waals surface area contributed by atoms with E-state index in [1.807, 2.05) is 42.5 Å². The zero-order chi connectivity index (χ0) is 23.0. The zero-order valence-electron chi connectivity index (χ0n) is 17.6. The van der Waals surface area contributed by atoms with Crippen LogP contribution in [-0.2, 0) is 16.4 Å². The lowest BCUT2D eigenvalue weighted by Gasteiger charge is -2.28. The summed E-state index contributed by atoms with van der Waals surface area (Å²) in [5.74, 6) is 0.116. The van der Waals surface area contributed by atoms with Gasteiger partial charge in [-0.25, -0.2) is 8.42 Å². The van der Waals surface area contributed by atoms with E-state index in [4.69, 9.17) is 16.1 Å². The standard InChI is InChI=1S/C25H21ClN2O4S/c26-20-10-8-18(9-11-20)24-14-23(27-32-24)25(29)28(21-12-13-33(30,31)16-21)15-19-6-3-5-17-4-1-2-7-22(17)19/h1-11,14,21H,12-13,15-16H2. The smallest absolute Gasteiger partial charge is 0.276 e. The Morgan fingerprint density at radius 1 is 1.06 bits per heavy atom. The fraction of sp³-hybridized carbons (Fsp3) is 0.200. The molecule has 0 bridgehead atoms. The maximum absolute atomic E-state index is 13.6. The summed E-state index contributed by atoms with van der Waals surface area (Å²) in [5.41, 5.74) is 1.84. The molecule has 0 aliphatic carbocycles. The minimum atomic E-state index is -3.18. The Morgan fingerprint density at radius 3 is 2.58 bits per heavy atom. The van der Waals surface area contributed by atoms with Gasteiger partial charge >= 0.3 is 0 Å². The highest BCUT2D eigenvalue weighted by Crippen LogP contribution is 2.27. The van der Waals surface area contributed by atoms with Crippen LogP contribution in [0.3, 0.4) is 0 Å². The average Bonchev–Trinajstić information content (AvgIpc) is 3.44. The number of hydrogen-bond acceptors (Lipinski definition) is 5. The van der Waals surface area contributed by atoms with Crippen molar-refractivity contribution < 1.29 is 17.7 Å². The average molecular weight is 481 g/mol. The first-order valence-corrected chi connectivity index (χ1v) is 12.8. The molecule has 1 atom stereocenters. The molecule has 2 heterocycles. The zero-order valence-corrected chi connectivity index (χ0v) is 19.2. The van der Waals surface area contributed by atoms with E-state index in [0.717, 1.165) is 21.9 Å². The van der Waals surface area contributed by atoms with Crippen molar-refractivity contribution in [2.24, 2.45) is 0 Å². The number of amides is 1. The largest absolute Gasteiger partial charge is 0.355 e. The van der Waals surface area contributed by atoms with Gasteiger partial charge in [0.15, 0.2) is 21.3 Å². The second-order valence-electron chi connectivity index (χ2n) is 8.21. The third-order valence-corrected chi connectivity index (χ3v) is 7.99. The summed E-state index contributed by atoms with van der Waals surface area (Å²) in [5, 5.41) is 6.69. The summed E-state index contributed by atoms with van der Waals surface area (Å²) in [6.07, 6.45) is 0.404. The molecule has 1 aliphatic rings. The molecule has 0 N–H and O–H groups in total. The Labute approximate surface area is 196 Å². The van der Waals surface area contributed by atoms with E-state index in [0.29, 0.717) is 17.2 Å². The Morgan fingerprint density at radius 2 is 1.82 bits per heavy atom. The first kappa shape index (κ1) is 21.7. The molecular weight excluding hydrogens is 460 g/mol. The quantitative estimate of drug-likeness (QED) is 0.402. The van der Waals surface area contributed by atoms with E-state index < -0.39 is 15.9 Å². The topological polar surface area (TPSA) is 80.5 Å². The van der Waals surface area contributed by atoms with Crippen molar-refractivity contribution in [3.05, 3.63) is 89.1 Å². The molecule has 3 aromatic carbocycles. The fourth-order valence-electron chi connectivity index (χ4n) is 4.28. The van der Waals surface area contributed by atoms with Crippen LogP contribution in [0.15, 0.2) is 77.3 Å². The van der Waals surface area contributed by atoms with Crippen molar-refractivity contribution in [3.8, 4) is 11.3 Å². The van der Waals surface area contributed by atoms with E-state index in [1.165, 1.54) is 0 Å². The van der Waals surface area contributed by atoms with Crippen LogP contribution in [0.5, 0.6) is 0 Å². The van der Waals surface area contributed by atoms with E-state index in [-0.39, 0.29) is 29.7 Å². The number of carbonyl (C=O) groups is 1. The third-order valence-electron chi connectivity index (χ3n) is 5.99. The number of halogens is 1. The van der Waals surface area contributed by atoms with Crippen molar-refractivity contribution in [2.75, 3.05) is 11.5 Å². The van der Waals surface area contributed by atoms with Gasteiger partial charge in [-0.15, -0.1) is 0 Å². The van der Waals surface area contributed by atoms with Gasteiger partial charge < -0.3 is 9.42 Å². The molecule has 1 aromatic heterocycles. The Balaban J connectivity index is 1.49. The lowest BCUT2D eigenvalue weighted by atomic mass is 10.0. The molecule has 8 heteroatoms. The van der Waals surface area contributed by atoms with Crippen LogP contribution in [0.4, 0.5) is 0 Å². The highest BCUT2D eigenvalue weighted by Gasteiger charge is 2.36. The number of sulfone groups is 1. The van der Waals surface area contributed by atoms with Gasteiger partial charge in [0, 0.05) is 29.2 Å². The van der Waals surface area contributed by atoms with E-state index in [1.54, 1.807) is 35.2 Å². The number of aromatic nitrogens is 1. The van der Waals surface area contributed by atoms with Crippen LogP contribution >= 0.6 is 11.6 Å². The van der Waals surface area contributed by atoms with Crippen molar-refractivity contribution in [1.82, 2.24) is 10.1 Å². The van der Waals surface area contributed by atoms with Gasteiger partial charge in [0.2, 0.25) is 0 Å². The molecule has 33 heavy (non-hydrogen) atoms. The lowest BCUT2D eigenvalue weighted by Crippen LogP contribution is -2.40. The van der Waals surface area contributed by atoms with Crippen LogP contribution in [0.25, 0.3) is 22.1 Å². The molecule has 4 aromatic rings. The predicted molar refractivity (Wildman–Crippen MR) is 128 cm³/mol. The number of fused-ring (bicyclic) bond motifs is 1. The van der Waals surface area contributed by atoms with Crippen molar-refractivity contribution in [1.29, 1.82) is 0 Å². The summed E-state index contributed by atoms with van der Waals surface area (Å²) >= 11 is 5.95. The third kappa shape index (κ3) is 4.51. The summed E-state index contributed by atoms with van der Waals surface area (Å²) in [7, 11) is -3.18. The second-order valence-corrected chi connectivity index (χ2v) is 10.9. The van der Waals surface area contributed by atoms with Crippen LogP contribution in [-0.4, -0.2) is 41.9 Å². The predicted octanol–water partition coefficient (Wildman–Crippen LogP) is 4.98. The van der Waals surface area contributed by atoms with Crippen molar-refractivity contribution >= 4 is 38.1 Å². The highest BCUT2D eigenvalue weighted by atomic mass is 35.5. The number of nitrogens with zero attached hydrogens (tertiary/aromatic N) is 2. The SMILES string of the molecule is O=C(c1cc(-c2ccc(Cl)cc2)on1)N(Cc1cccc2ccccc12)C1CCS(=O)(=O)C1. The van der Waals surface area contributed by atoms with E-state index >= 15 is 0 Å².